The van der Waals surface area contributed by atoms with E-state index < -0.39 is 0 Å². The van der Waals surface area contributed by atoms with Crippen molar-refractivity contribution in [3.63, 3.8) is 0 Å². The van der Waals surface area contributed by atoms with Crippen LogP contribution in [0.5, 0.6) is 0 Å². The number of fused-ring (bicyclic) bond motifs is 1. The van der Waals surface area contributed by atoms with E-state index >= 15 is 0 Å². The summed E-state index contributed by atoms with van der Waals surface area (Å²) in [6.45, 7) is 4.21. The zero-order valence-corrected chi connectivity index (χ0v) is 13.1. The van der Waals surface area contributed by atoms with Gasteiger partial charge in [0.1, 0.15) is 10.8 Å². The van der Waals surface area contributed by atoms with Crippen LogP contribution >= 0.6 is 11.6 Å². The largest absolute Gasteiger partial charge is 0.332 e. The first-order chi connectivity index (χ1) is 10.1. The first-order valence-electron chi connectivity index (χ1n) is 7.46. The lowest BCUT2D eigenvalue weighted by atomic mass is 9.97. The van der Waals surface area contributed by atoms with Gasteiger partial charge in [-0.2, -0.15) is 0 Å². The van der Waals surface area contributed by atoms with Gasteiger partial charge in [0.15, 0.2) is 0 Å². The number of hydrogen-bond acceptors (Lipinski definition) is 2. The number of carbonyl (C=O) groups excluding carboxylic acids is 1. The molecule has 0 saturated carbocycles. The highest BCUT2D eigenvalue weighted by Gasteiger charge is 2.30. The Balaban J connectivity index is 2.01. The van der Waals surface area contributed by atoms with Crippen molar-refractivity contribution in [3.05, 3.63) is 41.2 Å². The Labute approximate surface area is 129 Å². The highest BCUT2D eigenvalue weighted by molar-refractivity contribution is 6.34. The summed E-state index contributed by atoms with van der Waals surface area (Å²) in [6, 6.07) is 10.1. The third-order valence-electron chi connectivity index (χ3n) is 4.34. The van der Waals surface area contributed by atoms with Crippen molar-refractivity contribution in [2.45, 2.75) is 45.2 Å². The van der Waals surface area contributed by atoms with Crippen molar-refractivity contribution in [2.24, 2.45) is 0 Å². The highest BCUT2D eigenvalue weighted by Crippen LogP contribution is 2.27. The number of halogens is 1. The Morgan fingerprint density at radius 1 is 1.24 bits per heavy atom. The maximum Gasteiger partial charge on any atom is 0.273 e. The normalized spacial score (nSPS) is 22.5. The first-order valence-corrected chi connectivity index (χ1v) is 7.83. The second kappa shape index (κ2) is 5.64. The summed E-state index contributed by atoms with van der Waals surface area (Å²) < 4.78 is 0. The smallest absolute Gasteiger partial charge is 0.273 e. The molecule has 1 aliphatic rings. The van der Waals surface area contributed by atoms with E-state index in [1.54, 1.807) is 0 Å². The predicted molar refractivity (Wildman–Crippen MR) is 85.7 cm³/mol. The van der Waals surface area contributed by atoms with E-state index in [2.05, 4.69) is 18.8 Å². The van der Waals surface area contributed by atoms with Crippen molar-refractivity contribution < 1.29 is 4.79 Å². The molecule has 1 aliphatic heterocycles. The number of amides is 1. The quantitative estimate of drug-likeness (QED) is 0.736. The molecule has 1 aromatic carbocycles. The number of rotatable bonds is 1. The van der Waals surface area contributed by atoms with Crippen LogP contribution in [-0.4, -0.2) is 27.9 Å². The molecule has 0 N–H and O–H groups in total. The number of hydrogen-bond donors (Lipinski definition) is 0. The van der Waals surface area contributed by atoms with Gasteiger partial charge in [-0.25, -0.2) is 4.98 Å². The van der Waals surface area contributed by atoms with E-state index in [0.29, 0.717) is 10.8 Å². The summed E-state index contributed by atoms with van der Waals surface area (Å²) >= 11 is 6.24. The Morgan fingerprint density at radius 2 is 1.90 bits per heavy atom. The van der Waals surface area contributed by atoms with Crippen LogP contribution in [0.25, 0.3) is 10.8 Å². The van der Waals surface area contributed by atoms with E-state index in [-0.39, 0.29) is 18.0 Å². The van der Waals surface area contributed by atoms with Crippen LogP contribution in [-0.2, 0) is 0 Å². The van der Waals surface area contributed by atoms with E-state index in [1.165, 1.54) is 6.42 Å². The van der Waals surface area contributed by atoms with Gasteiger partial charge in [0.05, 0.1) is 0 Å². The maximum absolute atomic E-state index is 12.8. The van der Waals surface area contributed by atoms with Crippen molar-refractivity contribution in [1.29, 1.82) is 0 Å². The fourth-order valence-corrected chi connectivity index (χ4v) is 3.48. The van der Waals surface area contributed by atoms with Crippen LogP contribution in [0, 0.1) is 0 Å². The Kier molecular flexibility index (Phi) is 3.85. The van der Waals surface area contributed by atoms with Crippen LogP contribution in [0.2, 0.25) is 5.15 Å². The van der Waals surface area contributed by atoms with Gasteiger partial charge in [0.25, 0.3) is 5.91 Å². The van der Waals surface area contributed by atoms with E-state index in [1.807, 2.05) is 35.2 Å². The molecular weight excluding hydrogens is 284 g/mol. The molecule has 2 unspecified atom stereocenters. The molecule has 2 atom stereocenters. The summed E-state index contributed by atoms with van der Waals surface area (Å²) in [7, 11) is 0. The topological polar surface area (TPSA) is 33.2 Å². The van der Waals surface area contributed by atoms with Gasteiger partial charge in [-0.1, -0.05) is 35.9 Å². The molecule has 1 fully saturated rings. The number of piperidine rings is 1. The molecule has 3 nitrogen and oxygen atoms in total. The van der Waals surface area contributed by atoms with Crippen molar-refractivity contribution in [2.75, 3.05) is 0 Å². The molecule has 110 valence electrons. The SMILES string of the molecule is CC1CCCC(C)N1C(=O)c1cc2ccccc2c(Cl)n1. The summed E-state index contributed by atoms with van der Waals surface area (Å²) in [5.74, 6) is -0.0117. The molecule has 2 aromatic rings. The molecule has 4 heteroatoms. The van der Waals surface area contributed by atoms with Crippen molar-refractivity contribution >= 4 is 28.3 Å². The third-order valence-corrected chi connectivity index (χ3v) is 4.63. The summed E-state index contributed by atoms with van der Waals surface area (Å²) in [5, 5.41) is 2.24. The van der Waals surface area contributed by atoms with Gasteiger partial charge in [-0.3, -0.25) is 4.79 Å². The molecule has 1 aromatic heterocycles. The van der Waals surface area contributed by atoms with Gasteiger partial charge in [0, 0.05) is 17.5 Å². The number of benzene rings is 1. The molecule has 0 aliphatic carbocycles. The number of pyridine rings is 1. The van der Waals surface area contributed by atoms with Gasteiger partial charge >= 0.3 is 0 Å². The van der Waals surface area contributed by atoms with E-state index in [0.717, 1.165) is 23.6 Å². The van der Waals surface area contributed by atoms with Crippen LogP contribution in [0.3, 0.4) is 0 Å². The Morgan fingerprint density at radius 3 is 2.62 bits per heavy atom. The number of nitrogens with zero attached hydrogens (tertiary/aromatic N) is 2. The molecule has 21 heavy (non-hydrogen) atoms. The lowest BCUT2D eigenvalue weighted by Crippen LogP contribution is -2.47. The average Bonchev–Trinajstić information content (AvgIpc) is 2.47. The van der Waals surface area contributed by atoms with Gasteiger partial charge < -0.3 is 4.90 Å². The molecule has 0 spiro atoms. The standard InChI is InChI=1S/C17H19ClN2O/c1-11-6-5-7-12(2)20(11)17(21)15-10-13-8-3-4-9-14(13)16(18)19-15/h3-4,8-12H,5-7H2,1-2H3. The molecule has 0 bridgehead atoms. The fraction of sp³-hybridized carbons (Fsp3) is 0.412. The third kappa shape index (κ3) is 2.62. The van der Waals surface area contributed by atoms with Crippen molar-refractivity contribution in [3.8, 4) is 0 Å². The molecular formula is C17H19ClN2O. The van der Waals surface area contributed by atoms with Crippen LogP contribution < -0.4 is 0 Å². The Hall–Kier alpha value is -1.61. The average molecular weight is 303 g/mol. The second-order valence-corrected chi connectivity index (χ2v) is 6.22. The minimum atomic E-state index is -0.0117. The summed E-state index contributed by atoms with van der Waals surface area (Å²) in [4.78, 5) is 19.1. The van der Waals surface area contributed by atoms with Gasteiger partial charge in [-0.15, -0.1) is 0 Å². The number of likely N-dealkylation sites (tertiary alicyclic amines) is 1. The molecule has 0 radical (unpaired) electrons. The van der Waals surface area contributed by atoms with Gasteiger partial charge in [0.2, 0.25) is 0 Å². The molecule has 3 rings (SSSR count). The van der Waals surface area contributed by atoms with Crippen molar-refractivity contribution in [1.82, 2.24) is 9.88 Å². The second-order valence-electron chi connectivity index (χ2n) is 5.86. The minimum Gasteiger partial charge on any atom is -0.332 e. The lowest BCUT2D eigenvalue weighted by Gasteiger charge is -2.38. The fourth-order valence-electron chi connectivity index (χ4n) is 3.22. The zero-order chi connectivity index (χ0) is 15.0. The highest BCUT2D eigenvalue weighted by atomic mass is 35.5. The minimum absolute atomic E-state index is 0.0117. The number of carbonyl (C=O) groups is 1. The predicted octanol–water partition coefficient (Wildman–Crippen LogP) is 4.29. The van der Waals surface area contributed by atoms with E-state index in [9.17, 15) is 4.79 Å². The molecule has 1 amide bonds. The monoisotopic (exact) mass is 302 g/mol. The summed E-state index contributed by atoms with van der Waals surface area (Å²) in [6.07, 6.45) is 3.28. The maximum atomic E-state index is 12.8. The van der Waals surface area contributed by atoms with Crippen LogP contribution in [0.1, 0.15) is 43.6 Å². The number of aromatic nitrogens is 1. The zero-order valence-electron chi connectivity index (χ0n) is 12.3. The first kappa shape index (κ1) is 14.3. The summed E-state index contributed by atoms with van der Waals surface area (Å²) in [5.41, 5.74) is 0.444. The Bertz CT molecular complexity index is 676. The van der Waals surface area contributed by atoms with Crippen LogP contribution in [0.15, 0.2) is 30.3 Å². The van der Waals surface area contributed by atoms with Crippen LogP contribution in [0.4, 0.5) is 0 Å². The molecule has 1 saturated heterocycles. The molecule has 2 heterocycles. The van der Waals surface area contributed by atoms with Gasteiger partial charge in [-0.05, 0) is 44.6 Å². The lowest BCUT2D eigenvalue weighted by molar-refractivity contribution is 0.0505. The van der Waals surface area contributed by atoms with E-state index in [4.69, 9.17) is 11.6 Å².